The Morgan fingerprint density at radius 1 is 0.947 bits per heavy atom. The molecule has 0 bridgehead atoms. The highest BCUT2D eigenvalue weighted by atomic mass is 16.4. The van der Waals surface area contributed by atoms with Gasteiger partial charge in [0.2, 0.25) is 23.6 Å². The van der Waals surface area contributed by atoms with Crippen molar-refractivity contribution in [1.82, 2.24) is 25.9 Å². The topological polar surface area (TPSA) is 243 Å². The first-order chi connectivity index (χ1) is 18.0. The molecule has 0 radical (unpaired) electrons. The van der Waals surface area contributed by atoms with Crippen molar-refractivity contribution in [2.75, 3.05) is 0 Å². The number of nitrogens with zero attached hydrogens (tertiary/aromatic N) is 1. The fourth-order valence-corrected chi connectivity index (χ4v) is 3.46. The molecule has 0 saturated heterocycles. The lowest BCUT2D eigenvalue weighted by Gasteiger charge is -2.25. The molecule has 206 valence electrons. The molecule has 4 amide bonds. The summed E-state index contributed by atoms with van der Waals surface area (Å²) in [7, 11) is 0. The number of aromatic amines is 1. The average Bonchev–Trinajstić information content (AvgIpc) is 3.38. The van der Waals surface area contributed by atoms with E-state index in [1.807, 2.05) is 0 Å². The summed E-state index contributed by atoms with van der Waals surface area (Å²) in [6, 6.07) is 3.47. The van der Waals surface area contributed by atoms with Gasteiger partial charge in [-0.15, -0.1) is 0 Å². The second-order valence-corrected chi connectivity index (χ2v) is 8.76. The molecule has 1 heterocycles. The van der Waals surface area contributed by atoms with Crippen molar-refractivity contribution in [1.29, 1.82) is 0 Å². The van der Waals surface area contributed by atoms with Crippen molar-refractivity contribution in [3.8, 4) is 0 Å². The Morgan fingerprint density at radius 3 is 2.11 bits per heavy atom. The highest BCUT2D eigenvalue weighted by molar-refractivity contribution is 5.94. The van der Waals surface area contributed by atoms with Crippen LogP contribution in [0.2, 0.25) is 0 Å². The second kappa shape index (κ2) is 14.4. The van der Waals surface area contributed by atoms with E-state index >= 15 is 0 Å². The second-order valence-electron chi connectivity index (χ2n) is 8.76. The number of aliphatic hydroxyl groups excluding tert-OH is 1. The van der Waals surface area contributed by atoms with Gasteiger partial charge in [0.15, 0.2) is 0 Å². The van der Waals surface area contributed by atoms with Gasteiger partial charge in [0.1, 0.15) is 24.2 Å². The van der Waals surface area contributed by atoms with E-state index in [1.165, 1.54) is 19.4 Å². The van der Waals surface area contributed by atoms with Gasteiger partial charge < -0.3 is 42.6 Å². The zero-order valence-electron chi connectivity index (χ0n) is 20.8. The fraction of sp³-hybridized carbons (Fsp3) is 0.417. The zero-order valence-corrected chi connectivity index (χ0v) is 20.8. The zero-order chi connectivity index (χ0) is 28.2. The van der Waals surface area contributed by atoms with Gasteiger partial charge in [-0.1, -0.05) is 30.3 Å². The van der Waals surface area contributed by atoms with Crippen LogP contribution in [0.5, 0.6) is 0 Å². The number of carbonyl (C=O) groups excluding carboxylic acids is 4. The maximum Gasteiger partial charge on any atom is 0.326 e. The molecule has 10 N–H and O–H groups in total. The van der Waals surface area contributed by atoms with E-state index in [4.69, 9.17) is 11.5 Å². The Hall–Kier alpha value is -4.30. The number of amides is 4. The van der Waals surface area contributed by atoms with Crippen LogP contribution >= 0.6 is 0 Å². The van der Waals surface area contributed by atoms with Crippen LogP contribution < -0.4 is 27.4 Å². The Kier molecular flexibility index (Phi) is 11.4. The molecule has 0 aliphatic heterocycles. The first kappa shape index (κ1) is 29.9. The number of rotatable bonds is 15. The van der Waals surface area contributed by atoms with E-state index in [0.29, 0.717) is 11.3 Å². The number of nitrogens with one attached hydrogen (secondary N) is 4. The third kappa shape index (κ3) is 9.63. The Bertz CT molecular complexity index is 1090. The van der Waals surface area contributed by atoms with Crippen LogP contribution in [0.1, 0.15) is 31.0 Å². The summed E-state index contributed by atoms with van der Waals surface area (Å²) in [5.41, 5.74) is 12.1. The molecule has 14 nitrogen and oxygen atoms in total. The van der Waals surface area contributed by atoms with E-state index < -0.39 is 59.9 Å². The molecule has 0 aliphatic rings. The standard InChI is InChI=1S/C24H33N7O7/c1-13(32)20(26)23(36)30-17(9-14-5-3-2-4-6-14)22(35)29-16(7-8-19(25)33)21(34)31-18(24(37)38)10-15-11-27-12-28-15/h2-6,11-13,16-18,20,32H,7-10,26H2,1H3,(H2,25,33)(H,27,28)(H,29,35)(H,30,36)(H,31,34)(H,37,38). The molecular formula is C24H33N7O7. The number of H-pyrrole nitrogens is 1. The number of nitrogens with two attached hydrogens (primary N) is 2. The number of primary amides is 1. The lowest BCUT2D eigenvalue weighted by molar-refractivity contribution is -0.142. The first-order valence-electron chi connectivity index (χ1n) is 11.8. The van der Waals surface area contributed by atoms with E-state index in [9.17, 15) is 34.2 Å². The van der Waals surface area contributed by atoms with Gasteiger partial charge in [-0.2, -0.15) is 0 Å². The number of hydrogen-bond acceptors (Lipinski definition) is 8. The van der Waals surface area contributed by atoms with Crippen LogP contribution in [0, 0.1) is 0 Å². The van der Waals surface area contributed by atoms with Gasteiger partial charge in [-0.25, -0.2) is 9.78 Å². The van der Waals surface area contributed by atoms with Crippen molar-refractivity contribution < 1.29 is 34.2 Å². The molecule has 5 unspecified atom stereocenters. The molecule has 1 aromatic heterocycles. The lowest BCUT2D eigenvalue weighted by Crippen LogP contribution is -2.58. The molecule has 0 aliphatic carbocycles. The van der Waals surface area contributed by atoms with Crippen LogP contribution in [-0.2, 0) is 36.8 Å². The van der Waals surface area contributed by atoms with Gasteiger partial charge in [0.05, 0.1) is 12.4 Å². The minimum absolute atomic E-state index is 0.0205. The highest BCUT2D eigenvalue weighted by Gasteiger charge is 2.31. The fourth-order valence-electron chi connectivity index (χ4n) is 3.46. The molecule has 0 fully saturated rings. The smallest absolute Gasteiger partial charge is 0.326 e. The number of imidazole rings is 1. The Labute approximate surface area is 218 Å². The van der Waals surface area contributed by atoms with E-state index in [-0.39, 0.29) is 25.7 Å². The molecule has 5 atom stereocenters. The van der Waals surface area contributed by atoms with Crippen LogP contribution in [0.25, 0.3) is 0 Å². The third-order valence-corrected chi connectivity index (χ3v) is 5.64. The normalized spacial score (nSPS) is 14.8. The summed E-state index contributed by atoms with van der Waals surface area (Å²) in [5, 5.41) is 26.5. The first-order valence-corrected chi connectivity index (χ1v) is 11.8. The van der Waals surface area contributed by atoms with Crippen LogP contribution in [0.3, 0.4) is 0 Å². The number of carboxylic acid groups (broad SMARTS) is 1. The highest BCUT2D eigenvalue weighted by Crippen LogP contribution is 2.07. The molecule has 2 rings (SSSR count). The largest absolute Gasteiger partial charge is 0.480 e. The van der Waals surface area contributed by atoms with Gasteiger partial charge in [-0.05, 0) is 18.9 Å². The van der Waals surface area contributed by atoms with Crippen molar-refractivity contribution in [2.45, 2.75) is 62.9 Å². The number of carboxylic acids is 1. The van der Waals surface area contributed by atoms with Crippen molar-refractivity contribution >= 4 is 29.6 Å². The predicted octanol–water partition coefficient (Wildman–Crippen LogP) is -2.29. The van der Waals surface area contributed by atoms with Gasteiger partial charge in [0, 0.05) is 31.2 Å². The predicted molar refractivity (Wildman–Crippen MR) is 134 cm³/mol. The Morgan fingerprint density at radius 2 is 1.55 bits per heavy atom. The maximum atomic E-state index is 13.3. The number of benzene rings is 1. The molecule has 14 heteroatoms. The summed E-state index contributed by atoms with van der Waals surface area (Å²) in [6.07, 6.45) is 0.989. The van der Waals surface area contributed by atoms with Crippen LogP contribution in [0.15, 0.2) is 42.9 Å². The summed E-state index contributed by atoms with van der Waals surface area (Å²) in [5.74, 6) is -4.50. The molecule has 0 spiro atoms. The van der Waals surface area contributed by atoms with E-state index in [1.54, 1.807) is 30.3 Å². The number of aliphatic carboxylic acids is 1. The van der Waals surface area contributed by atoms with Gasteiger partial charge in [-0.3, -0.25) is 19.2 Å². The molecule has 0 saturated carbocycles. The van der Waals surface area contributed by atoms with Crippen molar-refractivity contribution in [3.63, 3.8) is 0 Å². The van der Waals surface area contributed by atoms with Crippen LogP contribution in [-0.4, -0.2) is 80.1 Å². The molecular weight excluding hydrogens is 498 g/mol. The van der Waals surface area contributed by atoms with Crippen molar-refractivity contribution in [2.24, 2.45) is 11.5 Å². The average molecular weight is 532 g/mol. The van der Waals surface area contributed by atoms with Gasteiger partial charge in [0.25, 0.3) is 0 Å². The maximum absolute atomic E-state index is 13.3. The summed E-state index contributed by atoms with van der Waals surface area (Å²) >= 11 is 0. The SMILES string of the molecule is CC(O)C(N)C(=O)NC(Cc1ccccc1)C(=O)NC(CCC(N)=O)C(=O)NC(Cc1cnc[nH]1)C(=O)O. The summed E-state index contributed by atoms with van der Waals surface area (Å²) < 4.78 is 0. The van der Waals surface area contributed by atoms with Gasteiger partial charge >= 0.3 is 5.97 Å². The third-order valence-electron chi connectivity index (χ3n) is 5.64. The summed E-state index contributed by atoms with van der Waals surface area (Å²) in [4.78, 5) is 68.5. The monoisotopic (exact) mass is 531 g/mol. The Balaban J connectivity index is 2.23. The molecule has 2 aromatic rings. The van der Waals surface area contributed by atoms with E-state index in [0.717, 1.165) is 0 Å². The van der Waals surface area contributed by atoms with Crippen molar-refractivity contribution in [3.05, 3.63) is 54.1 Å². The van der Waals surface area contributed by atoms with E-state index in [2.05, 4.69) is 25.9 Å². The minimum Gasteiger partial charge on any atom is -0.480 e. The summed E-state index contributed by atoms with van der Waals surface area (Å²) in [6.45, 7) is 1.32. The lowest BCUT2D eigenvalue weighted by atomic mass is 10.0. The number of aliphatic hydroxyl groups is 1. The quantitative estimate of drug-likeness (QED) is 0.123. The number of carbonyl (C=O) groups is 5. The number of aromatic nitrogens is 2. The van der Waals surface area contributed by atoms with Crippen LogP contribution in [0.4, 0.5) is 0 Å². The molecule has 1 aromatic carbocycles. The number of hydrogen-bond donors (Lipinski definition) is 8. The minimum atomic E-state index is -1.36. The molecule has 38 heavy (non-hydrogen) atoms.